The molecule has 0 aromatic heterocycles. The van der Waals surface area contributed by atoms with Crippen molar-refractivity contribution < 1.29 is 0 Å². The lowest BCUT2D eigenvalue weighted by Gasteiger charge is -2.47. The topological polar surface area (TPSA) is 15.3 Å². The first-order valence-corrected chi connectivity index (χ1v) is 8.07. The van der Waals surface area contributed by atoms with Crippen molar-refractivity contribution in [2.45, 2.75) is 78.9 Å². The minimum atomic E-state index is 0.345. The molecule has 4 unspecified atom stereocenters. The molecule has 1 aliphatic rings. The van der Waals surface area contributed by atoms with Gasteiger partial charge in [-0.1, -0.05) is 34.6 Å². The molecule has 1 fully saturated rings. The molecule has 1 rings (SSSR count). The van der Waals surface area contributed by atoms with Crippen molar-refractivity contribution in [1.29, 1.82) is 0 Å². The average Bonchev–Trinajstić information content (AvgIpc) is 2.34. The van der Waals surface area contributed by atoms with Gasteiger partial charge in [-0.3, -0.25) is 4.90 Å². The summed E-state index contributed by atoms with van der Waals surface area (Å²) in [6.07, 6.45) is 4.06. The molecule has 2 heteroatoms. The van der Waals surface area contributed by atoms with E-state index in [-0.39, 0.29) is 0 Å². The Hall–Kier alpha value is -0.0800. The first-order valence-electron chi connectivity index (χ1n) is 8.07. The van der Waals surface area contributed by atoms with Crippen LogP contribution in [0.2, 0.25) is 0 Å². The molecule has 0 radical (unpaired) electrons. The van der Waals surface area contributed by atoms with E-state index in [1.54, 1.807) is 0 Å². The second-order valence-corrected chi connectivity index (χ2v) is 7.99. The Morgan fingerprint density at radius 1 is 1.11 bits per heavy atom. The zero-order valence-electron chi connectivity index (χ0n) is 14.5. The third-order valence-electron chi connectivity index (χ3n) is 5.56. The largest absolute Gasteiger partial charge is 0.315 e. The van der Waals surface area contributed by atoms with Crippen molar-refractivity contribution in [3.8, 4) is 0 Å². The summed E-state index contributed by atoms with van der Waals surface area (Å²) in [7, 11) is 4.45. The van der Waals surface area contributed by atoms with Crippen LogP contribution in [-0.4, -0.2) is 37.1 Å². The van der Waals surface area contributed by atoms with Crippen LogP contribution < -0.4 is 5.32 Å². The van der Waals surface area contributed by atoms with Crippen molar-refractivity contribution in [2.75, 3.05) is 14.1 Å². The van der Waals surface area contributed by atoms with Crippen LogP contribution in [0.1, 0.15) is 60.8 Å². The van der Waals surface area contributed by atoms with Gasteiger partial charge in [0, 0.05) is 18.1 Å². The van der Waals surface area contributed by atoms with Gasteiger partial charge < -0.3 is 5.32 Å². The zero-order valence-corrected chi connectivity index (χ0v) is 14.5. The Labute approximate surface area is 121 Å². The minimum absolute atomic E-state index is 0.345. The number of hydrogen-bond acceptors (Lipinski definition) is 2. The normalized spacial score (nSPS) is 30.9. The Bertz CT molecular complexity index is 267. The molecular weight excluding hydrogens is 232 g/mol. The van der Waals surface area contributed by atoms with Gasteiger partial charge in [-0.25, -0.2) is 0 Å². The van der Waals surface area contributed by atoms with E-state index >= 15 is 0 Å². The van der Waals surface area contributed by atoms with Crippen molar-refractivity contribution in [3.63, 3.8) is 0 Å². The van der Waals surface area contributed by atoms with Gasteiger partial charge in [-0.15, -0.1) is 0 Å². The Balaban J connectivity index is 2.80. The predicted octanol–water partition coefficient (Wildman–Crippen LogP) is 3.77. The van der Waals surface area contributed by atoms with E-state index in [4.69, 9.17) is 0 Å². The van der Waals surface area contributed by atoms with Crippen LogP contribution in [0, 0.1) is 17.3 Å². The van der Waals surface area contributed by atoms with Gasteiger partial charge in [-0.05, 0) is 57.5 Å². The maximum absolute atomic E-state index is 3.56. The van der Waals surface area contributed by atoms with Crippen LogP contribution in [0.5, 0.6) is 0 Å². The molecule has 0 heterocycles. The van der Waals surface area contributed by atoms with Crippen molar-refractivity contribution >= 4 is 0 Å². The third kappa shape index (κ3) is 4.19. The summed E-state index contributed by atoms with van der Waals surface area (Å²) in [6, 6.07) is 1.95. The third-order valence-corrected chi connectivity index (χ3v) is 5.56. The first-order chi connectivity index (χ1) is 8.68. The Morgan fingerprint density at radius 3 is 2.11 bits per heavy atom. The van der Waals surface area contributed by atoms with Crippen LogP contribution >= 0.6 is 0 Å². The quantitative estimate of drug-likeness (QED) is 0.835. The van der Waals surface area contributed by atoms with E-state index in [1.807, 2.05) is 0 Å². The van der Waals surface area contributed by atoms with Crippen molar-refractivity contribution in [1.82, 2.24) is 10.2 Å². The van der Waals surface area contributed by atoms with Crippen molar-refractivity contribution in [2.24, 2.45) is 17.3 Å². The fourth-order valence-electron chi connectivity index (χ4n) is 3.47. The predicted molar refractivity (Wildman–Crippen MR) is 85.5 cm³/mol. The van der Waals surface area contributed by atoms with E-state index in [0.29, 0.717) is 23.5 Å². The lowest BCUT2D eigenvalue weighted by Crippen LogP contribution is -2.56. The van der Waals surface area contributed by atoms with Crippen LogP contribution in [0.15, 0.2) is 0 Å². The van der Waals surface area contributed by atoms with E-state index in [0.717, 1.165) is 11.8 Å². The second-order valence-electron chi connectivity index (χ2n) is 7.99. The molecule has 4 atom stereocenters. The molecule has 2 nitrogen and oxygen atoms in total. The lowest BCUT2D eigenvalue weighted by molar-refractivity contribution is 0.0389. The highest BCUT2D eigenvalue weighted by atomic mass is 15.2. The standard InChI is InChI=1S/C17H36N2/c1-12(2)14-9-10-15(18-7)16(11-14)19(8)13(3)17(4,5)6/h12-16,18H,9-11H2,1-8H3. The molecule has 1 aliphatic carbocycles. The van der Waals surface area contributed by atoms with Gasteiger partial charge in [0.25, 0.3) is 0 Å². The fourth-order valence-corrected chi connectivity index (χ4v) is 3.47. The molecule has 0 bridgehead atoms. The fraction of sp³-hybridized carbons (Fsp3) is 1.00. The number of nitrogens with zero attached hydrogens (tertiary/aromatic N) is 1. The number of likely N-dealkylation sites (N-methyl/N-ethyl adjacent to an activating group) is 2. The van der Waals surface area contributed by atoms with E-state index < -0.39 is 0 Å². The Kier molecular flexibility index (Phi) is 5.88. The summed E-state index contributed by atoms with van der Waals surface area (Å²) in [5, 5.41) is 3.56. The van der Waals surface area contributed by atoms with Crippen LogP contribution in [0.4, 0.5) is 0 Å². The van der Waals surface area contributed by atoms with Crippen LogP contribution in [-0.2, 0) is 0 Å². The average molecular weight is 268 g/mol. The molecule has 0 amide bonds. The molecular formula is C17H36N2. The van der Waals surface area contributed by atoms with E-state index in [9.17, 15) is 0 Å². The molecule has 1 N–H and O–H groups in total. The maximum Gasteiger partial charge on any atom is 0.0251 e. The molecule has 1 saturated carbocycles. The minimum Gasteiger partial charge on any atom is -0.315 e. The molecule has 114 valence electrons. The second kappa shape index (κ2) is 6.58. The maximum atomic E-state index is 3.56. The van der Waals surface area contributed by atoms with Gasteiger partial charge in [0.05, 0.1) is 0 Å². The van der Waals surface area contributed by atoms with Crippen molar-refractivity contribution in [3.05, 3.63) is 0 Å². The number of hydrogen-bond donors (Lipinski definition) is 1. The highest BCUT2D eigenvalue weighted by Crippen LogP contribution is 2.35. The molecule has 19 heavy (non-hydrogen) atoms. The number of rotatable bonds is 4. The summed E-state index contributed by atoms with van der Waals surface area (Å²) in [6.45, 7) is 14.2. The summed E-state index contributed by atoms with van der Waals surface area (Å²) < 4.78 is 0. The molecule has 0 saturated heterocycles. The molecule has 0 aromatic rings. The SMILES string of the molecule is CNC1CCC(C(C)C)CC1N(C)C(C)C(C)(C)C. The summed E-state index contributed by atoms with van der Waals surface area (Å²) in [5.41, 5.74) is 0.345. The van der Waals surface area contributed by atoms with E-state index in [2.05, 4.69) is 65.9 Å². The first kappa shape index (κ1) is 17.0. The summed E-state index contributed by atoms with van der Waals surface area (Å²) in [4.78, 5) is 2.63. The van der Waals surface area contributed by atoms with Gasteiger partial charge in [0.2, 0.25) is 0 Å². The molecule has 0 aliphatic heterocycles. The summed E-state index contributed by atoms with van der Waals surface area (Å²) in [5.74, 6) is 1.71. The lowest BCUT2D eigenvalue weighted by atomic mass is 9.75. The van der Waals surface area contributed by atoms with E-state index in [1.165, 1.54) is 19.3 Å². The van der Waals surface area contributed by atoms with Crippen LogP contribution in [0.25, 0.3) is 0 Å². The zero-order chi connectivity index (χ0) is 14.8. The molecule has 0 spiro atoms. The van der Waals surface area contributed by atoms with Crippen LogP contribution in [0.3, 0.4) is 0 Å². The Morgan fingerprint density at radius 2 is 1.68 bits per heavy atom. The monoisotopic (exact) mass is 268 g/mol. The van der Waals surface area contributed by atoms with Gasteiger partial charge in [0.15, 0.2) is 0 Å². The van der Waals surface area contributed by atoms with Gasteiger partial charge >= 0.3 is 0 Å². The summed E-state index contributed by atoms with van der Waals surface area (Å²) >= 11 is 0. The highest BCUT2D eigenvalue weighted by molar-refractivity contribution is 4.93. The smallest absolute Gasteiger partial charge is 0.0251 e. The number of nitrogens with one attached hydrogen (secondary N) is 1. The van der Waals surface area contributed by atoms with Gasteiger partial charge in [-0.2, -0.15) is 0 Å². The molecule has 0 aromatic carbocycles. The highest BCUT2D eigenvalue weighted by Gasteiger charge is 2.37. The van der Waals surface area contributed by atoms with Gasteiger partial charge in [0.1, 0.15) is 0 Å².